The maximum Gasteiger partial charge on any atom is 0.233 e. The second-order valence-corrected chi connectivity index (χ2v) is 5.91. The molecule has 0 saturated carbocycles. The molecule has 0 unspecified atom stereocenters. The second kappa shape index (κ2) is 7.78. The summed E-state index contributed by atoms with van der Waals surface area (Å²) in [5, 5.41) is 5.65. The van der Waals surface area contributed by atoms with E-state index in [0.29, 0.717) is 5.69 Å². The van der Waals surface area contributed by atoms with Crippen LogP contribution in [0.1, 0.15) is 44.6 Å². The third-order valence-corrected chi connectivity index (χ3v) is 3.92. The fraction of sp³-hybridized carbons (Fsp3) is 0.444. The zero-order valence-electron chi connectivity index (χ0n) is 13.3. The molecule has 0 fully saturated rings. The maximum absolute atomic E-state index is 12.0. The molecule has 0 radical (unpaired) electrons. The van der Waals surface area contributed by atoms with Crippen LogP contribution in [0.3, 0.4) is 0 Å². The van der Waals surface area contributed by atoms with Crippen LogP contribution in [0, 0.1) is 6.92 Å². The highest BCUT2D eigenvalue weighted by Gasteiger charge is 2.16. The van der Waals surface area contributed by atoms with E-state index in [1.807, 2.05) is 38.1 Å². The zero-order valence-corrected chi connectivity index (χ0v) is 13.3. The lowest BCUT2D eigenvalue weighted by atomic mass is 9.95. The van der Waals surface area contributed by atoms with Gasteiger partial charge in [-0.25, -0.2) is 0 Å². The molecule has 2 N–H and O–H groups in total. The molecule has 4 heteroatoms. The summed E-state index contributed by atoms with van der Waals surface area (Å²) >= 11 is 0. The van der Waals surface area contributed by atoms with E-state index in [1.165, 1.54) is 18.4 Å². The van der Waals surface area contributed by atoms with Gasteiger partial charge in [-0.1, -0.05) is 29.3 Å². The Morgan fingerprint density at radius 2 is 1.86 bits per heavy atom. The molecular formula is C18H24N2O2. The van der Waals surface area contributed by atoms with Crippen molar-refractivity contribution in [3.63, 3.8) is 0 Å². The van der Waals surface area contributed by atoms with Crippen LogP contribution in [0.4, 0.5) is 5.69 Å². The molecule has 22 heavy (non-hydrogen) atoms. The third kappa shape index (κ3) is 5.02. The molecule has 0 bridgehead atoms. The van der Waals surface area contributed by atoms with Gasteiger partial charge in [-0.2, -0.15) is 0 Å². The number of carbonyl (C=O) groups excluding carboxylic acids is 2. The van der Waals surface area contributed by atoms with E-state index in [2.05, 4.69) is 16.7 Å². The summed E-state index contributed by atoms with van der Waals surface area (Å²) in [6.07, 6.45) is 6.59. The fourth-order valence-corrected chi connectivity index (χ4v) is 2.63. The molecular weight excluding hydrogens is 276 g/mol. The molecule has 0 saturated heterocycles. The van der Waals surface area contributed by atoms with Crippen LogP contribution in [0.5, 0.6) is 0 Å². The largest absolute Gasteiger partial charge is 0.349 e. The van der Waals surface area contributed by atoms with Crippen molar-refractivity contribution in [2.75, 3.05) is 5.32 Å². The number of rotatable bonds is 5. The first kappa shape index (κ1) is 16.3. The summed E-state index contributed by atoms with van der Waals surface area (Å²) in [4.78, 5) is 23.8. The first-order chi connectivity index (χ1) is 10.5. The molecule has 1 aliphatic rings. The first-order valence-corrected chi connectivity index (χ1v) is 7.89. The second-order valence-electron chi connectivity index (χ2n) is 5.91. The van der Waals surface area contributed by atoms with Crippen molar-refractivity contribution in [2.24, 2.45) is 0 Å². The van der Waals surface area contributed by atoms with Gasteiger partial charge in [-0.05, 0) is 51.7 Å². The number of amides is 2. The average Bonchev–Trinajstić information content (AvgIpc) is 2.50. The van der Waals surface area contributed by atoms with Gasteiger partial charge in [0, 0.05) is 11.7 Å². The Balaban J connectivity index is 1.79. The van der Waals surface area contributed by atoms with Gasteiger partial charge in [0.05, 0.1) is 0 Å². The Morgan fingerprint density at radius 3 is 2.50 bits per heavy atom. The van der Waals surface area contributed by atoms with Crippen molar-refractivity contribution in [3.05, 3.63) is 41.5 Å². The summed E-state index contributed by atoms with van der Waals surface area (Å²) in [6.45, 7) is 3.97. The van der Waals surface area contributed by atoms with Gasteiger partial charge in [0.1, 0.15) is 6.42 Å². The number of carbonyl (C=O) groups is 2. The predicted molar refractivity (Wildman–Crippen MR) is 88.6 cm³/mol. The van der Waals surface area contributed by atoms with Gasteiger partial charge in [0.2, 0.25) is 11.8 Å². The molecule has 0 heterocycles. The van der Waals surface area contributed by atoms with Gasteiger partial charge in [-0.15, -0.1) is 0 Å². The van der Waals surface area contributed by atoms with E-state index in [9.17, 15) is 9.59 Å². The first-order valence-electron chi connectivity index (χ1n) is 7.89. The highest BCUT2D eigenvalue weighted by Crippen LogP contribution is 2.20. The number of aryl methyl sites for hydroxylation is 1. The van der Waals surface area contributed by atoms with E-state index in [0.717, 1.165) is 18.4 Å². The van der Waals surface area contributed by atoms with E-state index in [4.69, 9.17) is 0 Å². The van der Waals surface area contributed by atoms with E-state index >= 15 is 0 Å². The van der Waals surface area contributed by atoms with Crippen LogP contribution < -0.4 is 10.6 Å². The molecule has 1 aliphatic carbocycles. The van der Waals surface area contributed by atoms with Crippen LogP contribution in [-0.2, 0) is 9.59 Å². The highest BCUT2D eigenvalue weighted by atomic mass is 16.2. The molecule has 2 amide bonds. The van der Waals surface area contributed by atoms with Crippen LogP contribution in [0.2, 0.25) is 0 Å². The summed E-state index contributed by atoms with van der Waals surface area (Å²) in [5.74, 6) is -0.519. The Kier molecular flexibility index (Phi) is 5.75. The molecule has 1 aromatic carbocycles. The Bertz CT molecular complexity index is 561. The van der Waals surface area contributed by atoms with E-state index < -0.39 is 0 Å². The third-order valence-electron chi connectivity index (χ3n) is 3.92. The Morgan fingerprint density at radius 1 is 1.14 bits per heavy atom. The van der Waals surface area contributed by atoms with Crippen molar-refractivity contribution in [1.29, 1.82) is 0 Å². The molecule has 4 nitrogen and oxygen atoms in total. The zero-order chi connectivity index (χ0) is 15.9. The lowest BCUT2D eigenvalue weighted by molar-refractivity contribution is -0.127. The molecule has 1 aromatic rings. The van der Waals surface area contributed by atoms with Crippen molar-refractivity contribution < 1.29 is 9.59 Å². The number of allylic oxidation sites excluding steroid dienone is 1. The summed E-state index contributed by atoms with van der Waals surface area (Å²) in [5.41, 5.74) is 3.12. The summed E-state index contributed by atoms with van der Waals surface area (Å²) < 4.78 is 0. The number of benzene rings is 1. The standard InChI is InChI=1S/C18H24N2O2/c1-13-8-10-16(11-9-13)20-18(22)12-17(21)19-14(2)15-6-4-3-5-7-15/h6,8-11,14H,3-5,7,12H2,1-2H3,(H,19,21)(H,20,22)/t14-/m1/s1. The molecule has 118 valence electrons. The minimum Gasteiger partial charge on any atom is -0.349 e. The maximum atomic E-state index is 12.0. The minimum absolute atomic E-state index is 0.0139. The topological polar surface area (TPSA) is 58.2 Å². The molecule has 0 aliphatic heterocycles. The number of nitrogens with one attached hydrogen (secondary N) is 2. The van der Waals surface area contributed by atoms with E-state index in [-0.39, 0.29) is 24.3 Å². The van der Waals surface area contributed by atoms with Crippen LogP contribution >= 0.6 is 0 Å². The highest BCUT2D eigenvalue weighted by molar-refractivity contribution is 6.03. The van der Waals surface area contributed by atoms with Gasteiger partial charge >= 0.3 is 0 Å². The van der Waals surface area contributed by atoms with Gasteiger partial charge < -0.3 is 10.6 Å². The quantitative estimate of drug-likeness (QED) is 0.647. The number of hydrogen-bond acceptors (Lipinski definition) is 2. The SMILES string of the molecule is Cc1ccc(NC(=O)CC(=O)N[C@H](C)C2=CCCCC2)cc1. The molecule has 0 aromatic heterocycles. The summed E-state index contributed by atoms with van der Waals surface area (Å²) in [7, 11) is 0. The van der Waals surface area contributed by atoms with Gasteiger partial charge in [0.25, 0.3) is 0 Å². The minimum atomic E-state index is -0.286. The van der Waals surface area contributed by atoms with Crippen LogP contribution in [0.15, 0.2) is 35.9 Å². The number of hydrogen-bond donors (Lipinski definition) is 2. The fourth-order valence-electron chi connectivity index (χ4n) is 2.63. The van der Waals surface area contributed by atoms with Gasteiger partial charge in [0.15, 0.2) is 0 Å². The molecule has 2 rings (SSSR count). The lowest BCUT2D eigenvalue weighted by Gasteiger charge is -2.20. The van der Waals surface area contributed by atoms with Crippen LogP contribution in [0.25, 0.3) is 0 Å². The Labute approximate surface area is 132 Å². The van der Waals surface area contributed by atoms with Crippen molar-refractivity contribution >= 4 is 17.5 Å². The average molecular weight is 300 g/mol. The number of anilines is 1. The molecule has 0 spiro atoms. The smallest absolute Gasteiger partial charge is 0.233 e. The summed E-state index contributed by atoms with van der Waals surface area (Å²) in [6, 6.07) is 7.53. The van der Waals surface area contributed by atoms with E-state index in [1.54, 1.807) is 0 Å². The Hall–Kier alpha value is -2.10. The monoisotopic (exact) mass is 300 g/mol. The van der Waals surface area contributed by atoms with Crippen molar-refractivity contribution in [1.82, 2.24) is 5.32 Å². The molecule has 1 atom stereocenters. The predicted octanol–water partition coefficient (Wildman–Crippen LogP) is 3.33. The van der Waals surface area contributed by atoms with Gasteiger partial charge in [-0.3, -0.25) is 9.59 Å². The van der Waals surface area contributed by atoms with Crippen molar-refractivity contribution in [3.8, 4) is 0 Å². The normalized spacial score (nSPS) is 15.6. The lowest BCUT2D eigenvalue weighted by Crippen LogP contribution is -2.36. The van der Waals surface area contributed by atoms with Crippen molar-refractivity contribution in [2.45, 2.75) is 52.0 Å². The van der Waals surface area contributed by atoms with Crippen LogP contribution in [-0.4, -0.2) is 17.9 Å².